The number of amides is 1. The maximum Gasteiger partial charge on any atom is 0.257 e. The molecule has 2 aromatic rings. The van der Waals surface area contributed by atoms with Crippen LogP contribution >= 0.6 is 11.6 Å². The van der Waals surface area contributed by atoms with E-state index in [-0.39, 0.29) is 10.5 Å². The molecule has 1 saturated heterocycles. The van der Waals surface area contributed by atoms with Crippen molar-refractivity contribution in [2.75, 3.05) is 49.6 Å². The van der Waals surface area contributed by atoms with Gasteiger partial charge in [0.1, 0.15) is 0 Å². The first-order valence-electron chi connectivity index (χ1n) is 10.3. The van der Waals surface area contributed by atoms with Gasteiger partial charge in [-0.1, -0.05) is 31.5 Å². The molecule has 0 unspecified atom stereocenters. The molecule has 0 spiro atoms. The highest BCUT2D eigenvalue weighted by Gasteiger charge is 2.26. The van der Waals surface area contributed by atoms with Gasteiger partial charge in [-0.15, -0.1) is 0 Å². The molecule has 1 N–H and O–H groups in total. The minimum absolute atomic E-state index is 0.0911. The normalized spacial score (nSPS) is 14.7. The number of benzene rings is 2. The summed E-state index contributed by atoms with van der Waals surface area (Å²) in [4.78, 5) is 15.4. The van der Waals surface area contributed by atoms with E-state index in [9.17, 15) is 13.2 Å². The lowest BCUT2D eigenvalue weighted by molar-refractivity contribution is 0.102. The van der Waals surface area contributed by atoms with Crippen LogP contribution in [-0.2, 0) is 14.8 Å². The molecule has 0 aromatic heterocycles. The molecular weight excluding hydrogens is 438 g/mol. The largest absolute Gasteiger partial charge is 0.378 e. The predicted octanol–water partition coefficient (Wildman–Crippen LogP) is 3.77. The van der Waals surface area contributed by atoms with Crippen LogP contribution in [0.25, 0.3) is 0 Å². The van der Waals surface area contributed by atoms with Gasteiger partial charge in [0.05, 0.1) is 34.4 Å². The molecule has 7 nitrogen and oxygen atoms in total. The summed E-state index contributed by atoms with van der Waals surface area (Å²) in [5.74, 6) is -0.413. The molecule has 0 saturated carbocycles. The topological polar surface area (TPSA) is 79.0 Å². The molecule has 3 rings (SSSR count). The number of anilines is 2. The zero-order valence-electron chi connectivity index (χ0n) is 18.0. The van der Waals surface area contributed by atoms with E-state index in [4.69, 9.17) is 16.3 Å². The van der Waals surface area contributed by atoms with E-state index in [1.165, 1.54) is 10.4 Å². The Kier molecular flexibility index (Phi) is 7.59. The highest BCUT2D eigenvalue weighted by atomic mass is 35.5. The number of carbonyl (C=O) groups is 1. The Morgan fingerprint density at radius 2 is 1.81 bits per heavy atom. The number of hydrogen-bond acceptors (Lipinski definition) is 5. The third-order valence-corrected chi connectivity index (χ3v) is 7.64. The Balaban J connectivity index is 2.04. The lowest BCUT2D eigenvalue weighted by Crippen LogP contribution is -2.37. The fraction of sp³-hybridized carbons (Fsp3) is 0.409. The Bertz CT molecular complexity index is 1050. The van der Waals surface area contributed by atoms with Crippen molar-refractivity contribution >= 4 is 38.9 Å². The predicted molar refractivity (Wildman–Crippen MR) is 124 cm³/mol. The second-order valence-electron chi connectivity index (χ2n) is 7.31. The lowest BCUT2D eigenvalue weighted by atomic mass is 10.1. The maximum atomic E-state index is 13.3. The van der Waals surface area contributed by atoms with E-state index in [1.54, 1.807) is 38.1 Å². The van der Waals surface area contributed by atoms with Crippen molar-refractivity contribution in [2.45, 2.75) is 25.7 Å². The monoisotopic (exact) mass is 465 g/mol. The number of nitrogens with zero attached hydrogens (tertiary/aromatic N) is 2. The van der Waals surface area contributed by atoms with Gasteiger partial charge in [0.25, 0.3) is 5.91 Å². The Hall–Kier alpha value is -2.13. The molecule has 0 radical (unpaired) electrons. The Morgan fingerprint density at radius 3 is 2.42 bits per heavy atom. The zero-order chi connectivity index (χ0) is 22.6. The summed E-state index contributed by atoms with van der Waals surface area (Å²) in [6, 6.07) is 10.1. The first-order chi connectivity index (χ1) is 14.8. The summed E-state index contributed by atoms with van der Waals surface area (Å²) in [6.45, 7) is 8.52. The molecule has 1 aliphatic heterocycles. The maximum absolute atomic E-state index is 13.3. The summed E-state index contributed by atoms with van der Waals surface area (Å²) in [6.07, 6.45) is 0. The van der Waals surface area contributed by atoms with Gasteiger partial charge in [-0.3, -0.25) is 4.79 Å². The van der Waals surface area contributed by atoms with Crippen molar-refractivity contribution in [2.24, 2.45) is 0 Å². The van der Waals surface area contributed by atoms with E-state index in [0.717, 1.165) is 5.56 Å². The van der Waals surface area contributed by atoms with Crippen molar-refractivity contribution < 1.29 is 17.9 Å². The molecule has 9 heteroatoms. The fourth-order valence-corrected chi connectivity index (χ4v) is 5.33. The van der Waals surface area contributed by atoms with E-state index in [1.807, 2.05) is 17.9 Å². The van der Waals surface area contributed by atoms with E-state index < -0.39 is 15.9 Å². The van der Waals surface area contributed by atoms with Gasteiger partial charge in [0.15, 0.2) is 0 Å². The number of halogens is 1. The van der Waals surface area contributed by atoms with Gasteiger partial charge >= 0.3 is 0 Å². The second kappa shape index (κ2) is 9.99. The van der Waals surface area contributed by atoms with Crippen LogP contribution in [0.4, 0.5) is 11.4 Å². The number of morpholine rings is 1. The first kappa shape index (κ1) is 23.5. The SMILES string of the molecule is CCN(CC)S(=O)(=O)c1ccc(N2CCOCC2)c(C(=O)Nc2ccc(C)cc2Cl)c1. The third-order valence-electron chi connectivity index (χ3n) is 5.28. The molecule has 2 aromatic carbocycles. The average Bonchev–Trinajstić information content (AvgIpc) is 2.76. The van der Waals surface area contributed by atoms with Crippen LogP contribution in [0.5, 0.6) is 0 Å². The van der Waals surface area contributed by atoms with Crippen molar-refractivity contribution in [3.05, 3.63) is 52.5 Å². The van der Waals surface area contributed by atoms with Crippen molar-refractivity contribution in [1.29, 1.82) is 0 Å². The average molecular weight is 466 g/mol. The van der Waals surface area contributed by atoms with E-state index in [2.05, 4.69) is 5.32 Å². The van der Waals surface area contributed by atoms with E-state index >= 15 is 0 Å². The summed E-state index contributed by atoms with van der Waals surface area (Å²) >= 11 is 6.29. The number of nitrogens with one attached hydrogen (secondary N) is 1. The van der Waals surface area contributed by atoms with Crippen molar-refractivity contribution in [3.63, 3.8) is 0 Å². The van der Waals surface area contributed by atoms with Gasteiger partial charge in [-0.25, -0.2) is 8.42 Å². The van der Waals surface area contributed by atoms with Crippen LogP contribution in [0, 0.1) is 6.92 Å². The number of hydrogen-bond donors (Lipinski definition) is 1. The standard InChI is InChI=1S/C22H28ClN3O4S/c1-4-26(5-2)31(28,29)17-7-9-21(25-10-12-30-13-11-25)18(15-17)22(27)24-20-8-6-16(3)14-19(20)23/h6-9,14-15H,4-5,10-13H2,1-3H3,(H,24,27). The fourth-order valence-electron chi connectivity index (χ4n) is 3.56. The van der Waals surface area contributed by atoms with Crippen LogP contribution < -0.4 is 10.2 Å². The quantitative estimate of drug-likeness (QED) is 0.673. The minimum Gasteiger partial charge on any atom is -0.378 e. The first-order valence-corrected chi connectivity index (χ1v) is 12.1. The summed E-state index contributed by atoms with van der Waals surface area (Å²) in [5.41, 5.74) is 2.40. The molecule has 1 heterocycles. The van der Waals surface area contributed by atoms with Crippen LogP contribution in [0.15, 0.2) is 41.3 Å². The van der Waals surface area contributed by atoms with Crippen LogP contribution in [-0.4, -0.2) is 58.0 Å². The highest BCUT2D eigenvalue weighted by Crippen LogP contribution is 2.29. The summed E-state index contributed by atoms with van der Waals surface area (Å²) in [7, 11) is -3.71. The van der Waals surface area contributed by atoms with Crippen molar-refractivity contribution in [1.82, 2.24) is 4.31 Å². The Morgan fingerprint density at radius 1 is 1.13 bits per heavy atom. The molecule has 1 amide bonds. The highest BCUT2D eigenvalue weighted by molar-refractivity contribution is 7.89. The molecule has 0 atom stereocenters. The molecule has 1 fully saturated rings. The smallest absolute Gasteiger partial charge is 0.257 e. The second-order valence-corrected chi connectivity index (χ2v) is 9.65. The summed E-state index contributed by atoms with van der Waals surface area (Å²) in [5, 5.41) is 3.26. The van der Waals surface area contributed by atoms with Gasteiger partial charge in [-0.2, -0.15) is 4.31 Å². The number of rotatable bonds is 7. The number of aryl methyl sites for hydroxylation is 1. The van der Waals surface area contributed by atoms with Gasteiger partial charge in [0, 0.05) is 31.9 Å². The Labute approximate surface area is 189 Å². The van der Waals surface area contributed by atoms with Gasteiger partial charge < -0.3 is 15.0 Å². The molecular formula is C22H28ClN3O4S. The number of sulfonamides is 1. The van der Waals surface area contributed by atoms with Gasteiger partial charge in [0.2, 0.25) is 10.0 Å². The zero-order valence-corrected chi connectivity index (χ0v) is 19.6. The molecule has 0 bridgehead atoms. The van der Waals surface area contributed by atoms with Crippen LogP contribution in [0.2, 0.25) is 5.02 Å². The third kappa shape index (κ3) is 5.20. The molecule has 1 aliphatic rings. The molecule has 168 valence electrons. The summed E-state index contributed by atoms with van der Waals surface area (Å²) < 4.78 is 32.9. The molecule has 31 heavy (non-hydrogen) atoms. The van der Waals surface area contributed by atoms with Crippen molar-refractivity contribution in [3.8, 4) is 0 Å². The lowest BCUT2D eigenvalue weighted by Gasteiger charge is -2.30. The van der Waals surface area contributed by atoms with Gasteiger partial charge in [-0.05, 0) is 42.8 Å². The number of ether oxygens (including phenoxy) is 1. The minimum atomic E-state index is -3.71. The van der Waals surface area contributed by atoms with Crippen LogP contribution in [0.1, 0.15) is 29.8 Å². The van der Waals surface area contributed by atoms with E-state index in [0.29, 0.717) is 55.8 Å². The van der Waals surface area contributed by atoms with Crippen LogP contribution in [0.3, 0.4) is 0 Å². The number of carbonyl (C=O) groups excluding carboxylic acids is 1. The molecule has 0 aliphatic carbocycles.